The Labute approximate surface area is 191 Å². The second kappa shape index (κ2) is 6.69. The minimum absolute atomic E-state index is 0.395. The zero-order valence-electron chi connectivity index (χ0n) is 18.7. The van der Waals surface area contributed by atoms with Gasteiger partial charge in [-0.2, -0.15) is 9.97 Å². The van der Waals surface area contributed by atoms with Gasteiger partial charge in [0, 0.05) is 19.0 Å². The number of hydrogen-bond donors (Lipinski definition) is 0. The third-order valence-electron chi connectivity index (χ3n) is 6.97. The molecule has 3 aliphatic rings. The van der Waals surface area contributed by atoms with Crippen molar-refractivity contribution in [2.24, 2.45) is 0 Å². The molecule has 2 aliphatic heterocycles. The van der Waals surface area contributed by atoms with Crippen molar-refractivity contribution in [2.45, 2.75) is 51.0 Å². The minimum atomic E-state index is -0.534. The fourth-order valence-electron chi connectivity index (χ4n) is 5.16. The van der Waals surface area contributed by atoms with E-state index in [1.54, 1.807) is 6.26 Å². The first-order valence-corrected chi connectivity index (χ1v) is 11.6. The molecule has 1 saturated heterocycles. The van der Waals surface area contributed by atoms with Crippen LogP contribution in [0.1, 0.15) is 57.0 Å². The van der Waals surface area contributed by atoms with E-state index in [0.717, 1.165) is 54.5 Å². The number of fused-ring (bicyclic) bond motifs is 3. The Morgan fingerprint density at radius 2 is 1.82 bits per heavy atom. The fraction of sp³-hybridized carbons (Fsp3) is 0.417. The smallest absolute Gasteiger partial charge is 0.304 e. The van der Waals surface area contributed by atoms with E-state index < -0.39 is 5.54 Å². The number of anilines is 3. The molecule has 2 fully saturated rings. The van der Waals surface area contributed by atoms with Crippen LogP contribution in [0.15, 0.2) is 45.8 Å². The average Bonchev–Trinajstić information content (AvgIpc) is 3.30. The summed E-state index contributed by atoms with van der Waals surface area (Å²) in [5, 5.41) is 4.28. The van der Waals surface area contributed by atoms with Crippen LogP contribution in [0.3, 0.4) is 0 Å². The average molecular weight is 444 g/mol. The molecule has 0 radical (unpaired) electrons. The first-order chi connectivity index (χ1) is 16.1. The number of aromatic nitrogens is 5. The summed E-state index contributed by atoms with van der Waals surface area (Å²) in [6, 6.07) is 8.82. The van der Waals surface area contributed by atoms with Crippen LogP contribution in [0.25, 0.3) is 17.2 Å². The van der Waals surface area contributed by atoms with Crippen LogP contribution in [-0.2, 0) is 5.54 Å². The predicted octanol–water partition coefficient (Wildman–Crippen LogP) is 4.77. The Morgan fingerprint density at radius 1 is 1.03 bits per heavy atom. The van der Waals surface area contributed by atoms with E-state index in [0.29, 0.717) is 23.6 Å². The van der Waals surface area contributed by atoms with Gasteiger partial charge in [-0.1, -0.05) is 17.3 Å². The highest BCUT2D eigenvalue weighted by atomic mass is 16.5. The van der Waals surface area contributed by atoms with E-state index in [-0.39, 0.29) is 0 Å². The van der Waals surface area contributed by atoms with E-state index in [1.165, 1.54) is 12.8 Å². The van der Waals surface area contributed by atoms with Crippen molar-refractivity contribution < 1.29 is 8.94 Å². The molecule has 0 amide bonds. The molecule has 1 saturated carbocycles. The molecule has 5 heterocycles. The van der Waals surface area contributed by atoms with Gasteiger partial charge in [-0.05, 0) is 51.7 Å². The lowest BCUT2D eigenvalue weighted by atomic mass is 9.92. The lowest BCUT2D eigenvalue weighted by Gasteiger charge is -2.43. The maximum absolute atomic E-state index is 6.08. The molecule has 0 N–H and O–H groups in total. The van der Waals surface area contributed by atoms with E-state index >= 15 is 0 Å². The molecule has 4 aromatic rings. The van der Waals surface area contributed by atoms with Crippen LogP contribution in [0.4, 0.5) is 17.5 Å². The summed E-state index contributed by atoms with van der Waals surface area (Å²) in [6.45, 7) is 6.34. The zero-order valence-corrected chi connectivity index (χ0v) is 18.7. The molecule has 0 bridgehead atoms. The standard InChI is InChI=1S/C24H25N7O2/c1-24(2)20-19(21-27-22(33-28-21)15-9-10-15)25-14-30(20)16-7-3-4-8-17(16)31(24)23-26-18(13-32-23)29-11-5-6-12-29/h3-4,7-8,13-15H,5-6,9-12H2,1-2H3. The van der Waals surface area contributed by atoms with E-state index in [4.69, 9.17) is 18.9 Å². The molecule has 9 heteroatoms. The summed E-state index contributed by atoms with van der Waals surface area (Å²) in [4.78, 5) is 18.8. The Kier molecular flexibility index (Phi) is 3.83. The van der Waals surface area contributed by atoms with Crippen LogP contribution in [-0.4, -0.2) is 37.8 Å². The van der Waals surface area contributed by atoms with Gasteiger partial charge in [0.1, 0.15) is 18.3 Å². The Balaban J connectivity index is 1.38. The van der Waals surface area contributed by atoms with Crippen molar-refractivity contribution in [3.63, 3.8) is 0 Å². The predicted molar refractivity (Wildman–Crippen MR) is 122 cm³/mol. The largest absolute Gasteiger partial charge is 0.429 e. The van der Waals surface area contributed by atoms with Crippen molar-refractivity contribution in [1.82, 2.24) is 24.7 Å². The number of nitrogens with zero attached hydrogens (tertiary/aromatic N) is 7. The van der Waals surface area contributed by atoms with Gasteiger partial charge in [0.2, 0.25) is 11.7 Å². The lowest BCUT2D eigenvalue weighted by Crippen LogP contribution is -2.43. The van der Waals surface area contributed by atoms with Gasteiger partial charge >= 0.3 is 6.01 Å². The van der Waals surface area contributed by atoms with Gasteiger partial charge in [-0.15, -0.1) is 0 Å². The van der Waals surface area contributed by atoms with Crippen LogP contribution in [0.5, 0.6) is 0 Å². The summed E-state index contributed by atoms with van der Waals surface area (Å²) in [7, 11) is 0. The fourth-order valence-corrected chi connectivity index (χ4v) is 5.16. The molecule has 3 aromatic heterocycles. The second-order valence-electron chi connectivity index (χ2n) is 9.61. The maximum atomic E-state index is 6.08. The molecular formula is C24H25N7O2. The SMILES string of the molecule is CC1(C)c2c(-c3noc(C4CC4)n3)ncn2-c2ccccc2N1c1nc(N2CCCC2)co1. The van der Waals surface area contributed by atoms with Gasteiger partial charge in [0.05, 0.1) is 22.6 Å². The highest BCUT2D eigenvalue weighted by Crippen LogP contribution is 2.49. The first-order valence-electron chi connectivity index (χ1n) is 11.6. The molecule has 7 rings (SSSR count). The van der Waals surface area contributed by atoms with Gasteiger partial charge in [-0.3, -0.25) is 9.47 Å². The van der Waals surface area contributed by atoms with Crippen molar-refractivity contribution in [2.75, 3.05) is 22.9 Å². The number of benzene rings is 1. The summed E-state index contributed by atoms with van der Waals surface area (Å²) in [5.74, 6) is 2.53. The van der Waals surface area contributed by atoms with E-state index in [1.807, 2.05) is 18.5 Å². The third kappa shape index (κ3) is 2.77. The Hall–Kier alpha value is -3.62. The second-order valence-corrected chi connectivity index (χ2v) is 9.61. The van der Waals surface area contributed by atoms with Crippen molar-refractivity contribution >= 4 is 17.5 Å². The highest BCUT2D eigenvalue weighted by Gasteiger charge is 2.44. The highest BCUT2D eigenvalue weighted by molar-refractivity contribution is 5.76. The number of rotatable bonds is 4. The van der Waals surface area contributed by atoms with Gasteiger partial charge in [0.25, 0.3) is 0 Å². The molecule has 168 valence electrons. The number of imidazole rings is 1. The van der Waals surface area contributed by atoms with Crippen LogP contribution >= 0.6 is 0 Å². The zero-order chi connectivity index (χ0) is 22.2. The Morgan fingerprint density at radius 3 is 2.61 bits per heavy atom. The topological polar surface area (TPSA) is 89.2 Å². The monoisotopic (exact) mass is 443 g/mol. The molecule has 0 atom stereocenters. The molecule has 9 nitrogen and oxygen atoms in total. The van der Waals surface area contributed by atoms with Crippen molar-refractivity contribution in [3.05, 3.63) is 48.4 Å². The quantitative estimate of drug-likeness (QED) is 0.445. The molecule has 1 aliphatic carbocycles. The number of oxazole rings is 1. The molecule has 33 heavy (non-hydrogen) atoms. The summed E-state index contributed by atoms with van der Waals surface area (Å²) in [5.41, 5.74) is 3.19. The normalized spacial score (nSPS) is 19.1. The van der Waals surface area contributed by atoms with Gasteiger partial charge < -0.3 is 13.8 Å². The summed E-state index contributed by atoms with van der Waals surface area (Å²) >= 11 is 0. The summed E-state index contributed by atoms with van der Waals surface area (Å²) < 4.78 is 13.8. The minimum Gasteiger partial charge on any atom is -0.429 e. The van der Waals surface area contributed by atoms with E-state index in [2.05, 4.69) is 50.5 Å². The molecule has 0 spiro atoms. The van der Waals surface area contributed by atoms with Crippen LogP contribution in [0.2, 0.25) is 0 Å². The maximum Gasteiger partial charge on any atom is 0.304 e. The first kappa shape index (κ1) is 18.9. The molecule has 1 aromatic carbocycles. The van der Waals surface area contributed by atoms with Crippen LogP contribution in [0, 0.1) is 0 Å². The van der Waals surface area contributed by atoms with Crippen molar-refractivity contribution in [1.29, 1.82) is 0 Å². The molecule has 0 unspecified atom stereocenters. The van der Waals surface area contributed by atoms with E-state index in [9.17, 15) is 0 Å². The summed E-state index contributed by atoms with van der Waals surface area (Å²) in [6.07, 6.45) is 8.22. The Bertz CT molecular complexity index is 1340. The van der Waals surface area contributed by atoms with Gasteiger partial charge in [0.15, 0.2) is 5.82 Å². The lowest BCUT2D eigenvalue weighted by molar-refractivity contribution is 0.379. The van der Waals surface area contributed by atoms with Gasteiger partial charge in [-0.25, -0.2) is 4.98 Å². The van der Waals surface area contributed by atoms with Crippen molar-refractivity contribution in [3.8, 4) is 17.2 Å². The number of para-hydroxylation sites is 2. The third-order valence-corrected chi connectivity index (χ3v) is 6.97. The molecular weight excluding hydrogens is 418 g/mol. The number of hydrogen-bond acceptors (Lipinski definition) is 8. The van der Waals surface area contributed by atoms with Crippen LogP contribution < -0.4 is 9.80 Å².